The van der Waals surface area contributed by atoms with Gasteiger partial charge in [-0.25, -0.2) is 14.4 Å². The fraction of sp³-hybridized carbons (Fsp3) is 0.286. The number of rotatable bonds is 4. The summed E-state index contributed by atoms with van der Waals surface area (Å²) >= 11 is 0. The molecule has 1 unspecified atom stereocenters. The third-order valence-corrected chi connectivity index (χ3v) is 2.85. The minimum absolute atomic E-state index is 0.0775. The Balaban J connectivity index is 2.38. The molecule has 0 bridgehead atoms. The first-order valence-corrected chi connectivity index (χ1v) is 5.96. The van der Waals surface area contributed by atoms with Crippen molar-refractivity contribution in [1.82, 2.24) is 15.3 Å². The van der Waals surface area contributed by atoms with E-state index in [-0.39, 0.29) is 11.9 Å². The van der Waals surface area contributed by atoms with Crippen LogP contribution in [0.3, 0.4) is 0 Å². The molecule has 2 aromatic rings. The zero-order chi connectivity index (χ0) is 13.0. The van der Waals surface area contributed by atoms with Crippen molar-refractivity contribution in [2.24, 2.45) is 0 Å². The minimum Gasteiger partial charge on any atom is -0.306 e. The molecular formula is C14H16FN3. The van der Waals surface area contributed by atoms with E-state index in [2.05, 4.69) is 15.3 Å². The molecule has 1 heterocycles. The summed E-state index contributed by atoms with van der Waals surface area (Å²) in [6.45, 7) is 4.56. The second kappa shape index (κ2) is 5.69. The molecule has 18 heavy (non-hydrogen) atoms. The van der Waals surface area contributed by atoms with E-state index < -0.39 is 0 Å². The summed E-state index contributed by atoms with van der Waals surface area (Å²) in [5.74, 6) is -0.188. The van der Waals surface area contributed by atoms with E-state index in [0.29, 0.717) is 5.56 Å². The Morgan fingerprint density at radius 2 is 1.94 bits per heavy atom. The Morgan fingerprint density at radius 1 is 1.22 bits per heavy atom. The molecule has 0 aliphatic rings. The van der Waals surface area contributed by atoms with Crippen molar-refractivity contribution in [2.45, 2.75) is 19.9 Å². The van der Waals surface area contributed by atoms with Gasteiger partial charge in [-0.3, -0.25) is 0 Å². The van der Waals surface area contributed by atoms with Crippen molar-refractivity contribution in [1.29, 1.82) is 0 Å². The van der Waals surface area contributed by atoms with E-state index >= 15 is 0 Å². The van der Waals surface area contributed by atoms with Gasteiger partial charge in [-0.1, -0.05) is 19.1 Å². The molecule has 0 spiro atoms. The highest BCUT2D eigenvalue weighted by atomic mass is 19.1. The van der Waals surface area contributed by atoms with E-state index in [1.54, 1.807) is 31.5 Å². The molecule has 4 heteroatoms. The molecule has 3 nitrogen and oxygen atoms in total. The molecular weight excluding hydrogens is 229 g/mol. The van der Waals surface area contributed by atoms with Gasteiger partial charge in [0, 0.05) is 18.0 Å². The first-order valence-electron chi connectivity index (χ1n) is 5.96. The zero-order valence-electron chi connectivity index (χ0n) is 10.5. The number of nitrogens with zero attached hydrogens (tertiary/aromatic N) is 2. The van der Waals surface area contributed by atoms with Crippen LogP contribution in [0.1, 0.15) is 29.7 Å². The molecule has 1 N–H and O–H groups in total. The van der Waals surface area contributed by atoms with Crippen LogP contribution in [-0.4, -0.2) is 16.5 Å². The van der Waals surface area contributed by atoms with Crippen molar-refractivity contribution < 1.29 is 4.39 Å². The van der Waals surface area contributed by atoms with E-state index in [4.69, 9.17) is 0 Å². The predicted molar refractivity (Wildman–Crippen MR) is 68.7 cm³/mol. The van der Waals surface area contributed by atoms with Gasteiger partial charge in [0.05, 0.1) is 6.04 Å². The summed E-state index contributed by atoms with van der Waals surface area (Å²) in [5.41, 5.74) is 2.47. The predicted octanol–water partition coefficient (Wildman–Crippen LogP) is 2.62. The van der Waals surface area contributed by atoms with Gasteiger partial charge in [0.15, 0.2) is 0 Å². The molecule has 1 atom stereocenters. The highest BCUT2D eigenvalue weighted by molar-refractivity contribution is 5.32. The van der Waals surface area contributed by atoms with Crippen LogP contribution in [0.15, 0.2) is 36.9 Å². The first-order chi connectivity index (χ1) is 8.72. The van der Waals surface area contributed by atoms with E-state index in [1.807, 2.05) is 13.0 Å². The smallest absolute Gasteiger partial charge is 0.126 e. The van der Waals surface area contributed by atoms with E-state index in [0.717, 1.165) is 17.7 Å². The number of benzene rings is 1. The minimum atomic E-state index is -0.188. The molecule has 2 rings (SSSR count). The lowest BCUT2D eigenvalue weighted by molar-refractivity contribution is 0.595. The Hall–Kier alpha value is -1.81. The van der Waals surface area contributed by atoms with Crippen molar-refractivity contribution in [3.63, 3.8) is 0 Å². The standard InChI is InChI=1S/C14H16FN3/c1-3-18-14(12-7-16-9-17-8-12)11-5-4-10(2)13(15)6-11/h4-9,14,18H,3H2,1-2H3. The molecule has 0 aliphatic heterocycles. The number of hydrogen-bond donors (Lipinski definition) is 1. The topological polar surface area (TPSA) is 37.8 Å². The van der Waals surface area contributed by atoms with Gasteiger partial charge in [0.25, 0.3) is 0 Å². The van der Waals surface area contributed by atoms with E-state index in [9.17, 15) is 4.39 Å². The maximum Gasteiger partial charge on any atom is 0.126 e. The van der Waals surface area contributed by atoms with Crippen LogP contribution in [0.4, 0.5) is 4.39 Å². The monoisotopic (exact) mass is 245 g/mol. The average molecular weight is 245 g/mol. The maximum absolute atomic E-state index is 13.6. The van der Waals surface area contributed by atoms with E-state index in [1.165, 1.54) is 6.33 Å². The Bertz CT molecular complexity index is 514. The highest BCUT2D eigenvalue weighted by Gasteiger charge is 2.14. The van der Waals surface area contributed by atoms with Gasteiger partial charge in [0.1, 0.15) is 12.1 Å². The van der Waals surface area contributed by atoms with Crippen molar-refractivity contribution in [3.05, 3.63) is 59.4 Å². The summed E-state index contributed by atoms with van der Waals surface area (Å²) in [7, 11) is 0. The van der Waals surface area contributed by atoms with Crippen molar-refractivity contribution in [3.8, 4) is 0 Å². The second-order valence-corrected chi connectivity index (χ2v) is 4.17. The lowest BCUT2D eigenvalue weighted by Crippen LogP contribution is -2.22. The van der Waals surface area contributed by atoms with Crippen LogP contribution in [-0.2, 0) is 0 Å². The molecule has 0 saturated heterocycles. The molecule has 0 saturated carbocycles. The van der Waals surface area contributed by atoms with Gasteiger partial charge < -0.3 is 5.32 Å². The third kappa shape index (κ3) is 2.71. The Labute approximate surface area is 106 Å². The quantitative estimate of drug-likeness (QED) is 0.899. The molecule has 94 valence electrons. The molecule has 0 radical (unpaired) electrons. The van der Waals surface area contributed by atoms with Gasteiger partial charge in [-0.2, -0.15) is 0 Å². The summed E-state index contributed by atoms with van der Waals surface area (Å²) in [4.78, 5) is 8.02. The van der Waals surface area contributed by atoms with Crippen LogP contribution >= 0.6 is 0 Å². The first kappa shape index (κ1) is 12.6. The molecule has 0 aliphatic carbocycles. The average Bonchev–Trinajstić information content (AvgIpc) is 2.40. The molecule has 0 amide bonds. The van der Waals surface area contributed by atoms with Crippen molar-refractivity contribution in [2.75, 3.05) is 6.54 Å². The van der Waals surface area contributed by atoms with Crippen LogP contribution in [0.5, 0.6) is 0 Å². The van der Waals surface area contributed by atoms with Gasteiger partial charge in [-0.15, -0.1) is 0 Å². The fourth-order valence-corrected chi connectivity index (χ4v) is 1.88. The Morgan fingerprint density at radius 3 is 2.56 bits per heavy atom. The summed E-state index contributed by atoms with van der Waals surface area (Å²) < 4.78 is 13.6. The third-order valence-electron chi connectivity index (χ3n) is 2.85. The van der Waals surface area contributed by atoms with Crippen LogP contribution in [0, 0.1) is 12.7 Å². The number of aryl methyl sites for hydroxylation is 1. The fourth-order valence-electron chi connectivity index (χ4n) is 1.88. The number of hydrogen-bond acceptors (Lipinski definition) is 3. The molecule has 1 aromatic carbocycles. The lowest BCUT2D eigenvalue weighted by atomic mass is 10.00. The SMILES string of the molecule is CCNC(c1cncnc1)c1ccc(C)c(F)c1. The van der Waals surface area contributed by atoms with Crippen LogP contribution in [0.2, 0.25) is 0 Å². The van der Waals surface area contributed by atoms with Crippen LogP contribution < -0.4 is 5.32 Å². The summed E-state index contributed by atoms with van der Waals surface area (Å²) in [5, 5.41) is 3.32. The van der Waals surface area contributed by atoms with Gasteiger partial charge in [-0.05, 0) is 30.7 Å². The number of aromatic nitrogens is 2. The molecule has 0 fully saturated rings. The normalized spacial score (nSPS) is 12.4. The number of halogens is 1. The second-order valence-electron chi connectivity index (χ2n) is 4.17. The highest BCUT2D eigenvalue weighted by Crippen LogP contribution is 2.22. The maximum atomic E-state index is 13.6. The van der Waals surface area contributed by atoms with Crippen LogP contribution in [0.25, 0.3) is 0 Å². The lowest BCUT2D eigenvalue weighted by Gasteiger charge is -2.18. The largest absolute Gasteiger partial charge is 0.306 e. The zero-order valence-corrected chi connectivity index (χ0v) is 10.5. The van der Waals surface area contributed by atoms with Gasteiger partial charge in [0.2, 0.25) is 0 Å². The molecule has 1 aromatic heterocycles. The van der Waals surface area contributed by atoms with Crippen molar-refractivity contribution >= 4 is 0 Å². The number of nitrogens with one attached hydrogen (secondary N) is 1. The summed E-state index contributed by atoms with van der Waals surface area (Å²) in [6, 6.07) is 5.21. The Kier molecular flexibility index (Phi) is 3.99. The summed E-state index contributed by atoms with van der Waals surface area (Å²) in [6.07, 6.45) is 4.98. The van der Waals surface area contributed by atoms with Gasteiger partial charge >= 0.3 is 0 Å².